The first-order valence-corrected chi connectivity index (χ1v) is 8.96. The van der Waals surface area contributed by atoms with Crippen LogP contribution in [0.2, 0.25) is 0 Å². The van der Waals surface area contributed by atoms with E-state index < -0.39 is 0 Å². The Morgan fingerprint density at radius 3 is 2.69 bits per heavy atom. The van der Waals surface area contributed by atoms with Crippen molar-refractivity contribution in [1.29, 1.82) is 0 Å². The van der Waals surface area contributed by atoms with E-state index in [9.17, 15) is 9.18 Å². The van der Waals surface area contributed by atoms with E-state index in [1.54, 1.807) is 18.4 Å². The Morgan fingerprint density at radius 2 is 2.04 bits per heavy atom. The molecule has 1 aromatic carbocycles. The van der Waals surface area contributed by atoms with Crippen molar-refractivity contribution in [3.8, 4) is 11.4 Å². The lowest BCUT2D eigenvalue weighted by Crippen LogP contribution is -2.30. The van der Waals surface area contributed by atoms with Gasteiger partial charge in [0.15, 0.2) is 11.0 Å². The Morgan fingerprint density at radius 1 is 1.31 bits per heavy atom. The minimum absolute atomic E-state index is 0.122. The van der Waals surface area contributed by atoms with Gasteiger partial charge in [0.25, 0.3) is 0 Å². The summed E-state index contributed by atoms with van der Waals surface area (Å²) in [5, 5.41) is 11.5. The molecule has 3 rings (SSSR count). The Bertz CT molecular complexity index is 904. The van der Waals surface area contributed by atoms with Crippen LogP contribution in [0.5, 0.6) is 0 Å². The number of furan rings is 1. The van der Waals surface area contributed by atoms with Crippen molar-refractivity contribution in [3.05, 3.63) is 53.7 Å². The molecule has 136 valence electrons. The van der Waals surface area contributed by atoms with Crippen molar-refractivity contribution < 1.29 is 13.6 Å². The zero-order chi connectivity index (χ0) is 18.7. The van der Waals surface area contributed by atoms with Crippen molar-refractivity contribution in [2.24, 2.45) is 7.05 Å². The van der Waals surface area contributed by atoms with Gasteiger partial charge in [-0.15, -0.1) is 10.2 Å². The second kappa shape index (κ2) is 7.74. The van der Waals surface area contributed by atoms with Crippen LogP contribution in [0.25, 0.3) is 11.4 Å². The van der Waals surface area contributed by atoms with Crippen molar-refractivity contribution >= 4 is 17.7 Å². The monoisotopic (exact) mass is 374 g/mol. The molecule has 0 saturated carbocycles. The first-order valence-electron chi connectivity index (χ1n) is 8.08. The molecule has 8 heteroatoms. The lowest BCUT2D eigenvalue weighted by molar-refractivity contribution is -0.120. The van der Waals surface area contributed by atoms with Gasteiger partial charge in [-0.1, -0.05) is 23.9 Å². The fraction of sp³-hybridized carbons (Fsp3) is 0.278. The first kappa shape index (κ1) is 18.2. The fourth-order valence-corrected chi connectivity index (χ4v) is 3.25. The number of hydrogen-bond acceptors (Lipinski definition) is 5. The summed E-state index contributed by atoms with van der Waals surface area (Å²) >= 11 is 1.33. The van der Waals surface area contributed by atoms with Crippen LogP contribution >= 0.6 is 11.8 Å². The number of aryl methyl sites for hydroxylation is 1. The summed E-state index contributed by atoms with van der Waals surface area (Å²) in [6.07, 6.45) is 1.61. The molecule has 3 aromatic rings. The number of thioether (sulfide) groups is 1. The maximum absolute atomic E-state index is 12.9. The third-order valence-electron chi connectivity index (χ3n) is 3.97. The molecule has 0 saturated heterocycles. The van der Waals surface area contributed by atoms with Crippen LogP contribution in [0, 0.1) is 12.7 Å². The molecule has 26 heavy (non-hydrogen) atoms. The lowest BCUT2D eigenvalue weighted by Gasteiger charge is -2.11. The molecule has 0 spiro atoms. The normalized spacial score (nSPS) is 12.2. The van der Waals surface area contributed by atoms with Crippen LogP contribution < -0.4 is 5.32 Å². The Labute approximate surface area is 154 Å². The summed E-state index contributed by atoms with van der Waals surface area (Å²) in [4.78, 5) is 12.3. The smallest absolute Gasteiger partial charge is 0.233 e. The standard InChI is InChI=1S/C18H19FN4O2S/c1-11-15(8-9-25-11)16-21-22-18(23(16)3)26-12(2)17(24)20-10-13-4-6-14(19)7-5-13/h4-9,12H,10H2,1-3H3,(H,20,24)/t12-/m0/s1. The lowest BCUT2D eigenvalue weighted by atomic mass is 10.2. The minimum Gasteiger partial charge on any atom is -0.469 e. The largest absolute Gasteiger partial charge is 0.469 e. The zero-order valence-corrected chi connectivity index (χ0v) is 15.5. The number of halogens is 1. The van der Waals surface area contributed by atoms with E-state index in [-0.39, 0.29) is 17.0 Å². The van der Waals surface area contributed by atoms with Gasteiger partial charge in [-0.2, -0.15) is 0 Å². The van der Waals surface area contributed by atoms with E-state index in [1.807, 2.05) is 31.5 Å². The second-order valence-electron chi connectivity index (χ2n) is 5.86. The van der Waals surface area contributed by atoms with Gasteiger partial charge in [-0.3, -0.25) is 4.79 Å². The van der Waals surface area contributed by atoms with E-state index in [0.29, 0.717) is 17.5 Å². The predicted octanol–water partition coefficient (Wildman–Crippen LogP) is 3.32. The van der Waals surface area contributed by atoms with Crippen LogP contribution in [-0.2, 0) is 18.4 Å². The number of hydrogen-bond donors (Lipinski definition) is 1. The molecule has 1 N–H and O–H groups in total. The molecular weight excluding hydrogens is 355 g/mol. The van der Waals surface area contributed by atoms with Crippen LogP contribution in [-0.4, -0.2) is 25.9 Å². The van der Waals surface area contributed by atoms with E-state index in [1.165, 1.54) is 23.9 Å². The average Bonchev–Trinajstić information content (AvgIpc) is 3.20. The number of benzene rings is 1. The van der Waals surface area contributed by atoms with Crippen molar-refractivity contribution in [2.45, 2.75) is 30.8 Å². The molecule has 2 aromatic heterocycles. The average molecular weight is 374 g/mol. The number of carbonyl (C=O) groups excluding carboxylic acids is 1. The van der Waals surface area contributed by atoms with Gasteiger partial charge in [0, 0.05) is 13.6 Å². The van der Waals surface area contributed by atoms with E-state index in [4.69, 9.17) is 4.42 Å². The van der Waals surface area contributed by atoms with Gasteiger partial charge in [0.2, 0.25) is 5.91 Å². The Kier molecular flexibility index (Phi) is 5.41. The molecule has 0 aliphatic rings. The van der Waals surface area contributed by atoms with Crippen molar-refractivity contribution in [1.82, 2.24) is 20.1 Å². The third kappa shape index (κ3) is 3.96. The molecule has 0 aliphatic carbocycles. The molecule has 2 heterocycles. The number of aromatic nitrogens is 3. The summed E-state index contributed by atoms with van der Waals surface area (Å²) in [6.45, 7) is 4.02. The molecule has 0 radical (unpaired) electrons. The van der Waals surface area contributed by atoms with Gasteiger partial charge in [0.05, 0.1) is 17.1 Å². The Hall–Kier alpha value is -2.61. The third-order valence-corrected chi connectivity index (χ3v) is 5.10. The van der Waals surface area contributed by atoms with Crippen LogP contribution in [0.15, 0.2) is 46.2 Å². The highest BCUT2D eigenvalue weighted by atomic mass is 32.2. The summed E-state index contributed by atoms with van der Waals surface area (Å²) in [7, 11) is 1.85. The van der Waals surface area contributed by atoms with Gasteiger partial charge in [0.1, 0.15) is 11.6 Å². The van der Waals surface area contributed by atoms with Gasteiger partial charge < -0.3 is 14.3 Å². The number of amides is 1. The first-order chi connectivity index (χ1) is 12.5. The number of rotatable bonds is 6. The SMILES string of the molecule is Cc1occc1-c1nnc(S[C@@H](C)C(=O)NCc2ccc(F)cc2)n1C. The molecule has 0 aliphatic heterocycles. The molecule has 0 unspecified atom stereocenters. The van der Waals surface area contributed by atoms with E-state index >= 15 is 0 Å². The molecular formula is C18H19FN4O2S. The Balaban J connectivity index is 1.61. The molecule has 6 nitrogen and oxygen atoms in total. The maximum atomic E-state index is 12.9. The highest BCUT2D eigenvalue weighted by Crippen LogP contribution is 2.27. The molecule has 1 amide bonds. The van der Waals surface area contributed by atoms with Gasteiger partial charge in [-0.05, 0) is 37.6 Å². The highest BCUT2D eigenvalue weighted by molar-refractivity contribution is 8.00. The highest BCUT2D eigenvalue weighted by Gasteiger charge is 2.20. The maximum Gasteiger partial charge on any atom is 0.233 e. The van der Waals surface area contributed by atoms with Crippen molar-refractivity contribution in [3.63, 3.8) is 0 Å². The topological polar surface area (TPSA) is 72.9 Å². The van der Waals surface area contributed by atoms with Crippen LogP contribution in [0.3, 0.4) is 0 Å². The van der Waals surface area contributed by atoms with E-state index in [2.05, 4.69) is 15.5 Å². The molecule has 0 fully saturated rings. The number of carbonyl (C=O) groups is 1. The quantitative estimate of drug-likeness (QED) is 0.670. The predicted molar refractivity (Wildman–Crippen MR) is 97.0 cm³/mol. The van der Waals surface area contributed by atoms with Crippen LogP contribution in [0.4, 0.5) is 4.39 Å². The van der Waals surface area contributed by atoms with E-state index in [0.717, 1.165) is 16.9 Å². The van der Waals surface area contributed by atoms with Crippen molar-refractivity contribution in [2.75, 3.05) is 0 Å². The summed E-state index contributed by atoms with van der Waals surface area (Å²) in [5.74, 6) is 1.04. The summed E-state index contributed by atoms with van der Waals surface area (Å²) < 4.78 is 20.1. The van der Waals surface area contributed by atoms with Gasteiger partial charge in [-0.25, -0.2) is 4.39 Å². The van der Waals surface area contributed by atoms with Crippen LogP contribution in [0.1, 0.15) is 18.2 Å². The summed E-state index contributed by atoms with van der Waals surface area (Å²) in [5.41, 5.74) is 1.72. The fourth-order valence-electron chi connectivity index (χ4n) is 2.42. The minimum atomic E-state index is -0.350. The molecule has 1 atom stereocenters. The number of nitrogens with zero attached hydrogens (tertiary/aromatic N) is 3. The number of nitrogens with one attached hydrogen (secondary N) is 1. The second-order valence-corrected chi connectivity index (χ2v) is 7.17. The summed E-state index contributed by atoms with van der Waals surface area (Å²) in [6, 6.07) is 7.88. The van der Waals surface area contributed by atoms with Gasteiger partial charge >= 0.3 is 0 Å². The molecule has 0 bridgehead atoms. The zero-order valence-electron chi connectivity index (χ0n) is 14.7.